The fourth-order valence-corrected chi connectivity index (χ4v) is 0.956. The summed E-state index contributed by atoms with van der Waals surface area (Å²) in [5.74, 6) is 0. The number of methoxy groups -OCH3 is 1. The molecular weight excluding hydrogens is 172 g/mol. The van der Waals surface area contributed by atoms with E-state index in [4.69, 9.17) is 4.74 Å². The minimum atomic E-state index is 0.236. The lowest BCUT2D eigenvalue weighted by Crippen LogP contribution is -1.98. The van der Waals surface area contributed by atoms with Crippen molar-refractivity contribution in [2.24, 2.45) is 0 Å². The highest BCUT2D eigenvalue weighted by Gasteiger charge is 1.91. The van der Waals surface area contributed by atoms with E-state index in [1.807, 2.05) is 6.92 Å². The Hall–Kier alpha value is -0.820. The molecule has 14 heavy (non-hydrogen) atoms. The fourth-order valence-electron chi connectivity index (χ4n) is 0.956. The van der Waals surface area contributed by atoms with Crippen LogP contribution in [0.15, 0.2) is 37.0 Å². The van der Waals surface area contributed by atoms with Crippen LogP contribution < -0.4 is 0 Å². The zero-order valence-corrected chi connectivity index (χ0v) is 10.0. The maximum atomic E-state index is 5.09. The van der Waals surface area contributed by atoms with Gasteiger partial charge in [0.15, 0.2) is 0 Å². The standard InChI is InChI=1S/C11H20O.C2H4/c1-5-11(6-2)9-7-8-10(3)12-4;1-2/h5,7-8,10H,6,9H2,1-4H3;1-2H2/b8-7-,11-5-;. The summed E-state index contributed by atoms with van der Waals surface area (Å²) in [6.45, 7) is 12.3. The second kappa shape index (κ2) is 12.2. The molecule has 1 nitrogen and oxygen atoms in total. The molecule has 1 unspecified atom stereocenters. The van der Waals surface area contributed by atoms with Crippen molar-refractivity contribution < 1.29 is 4.74 Å². The van der Waals surface area contributed by atoms with Crippen molar-refractivity contribution in [3.63, 3.8) is 0 Å². The highest BCUT2D eigenvalue weighted by Crippen LogP contribution is 2.07. The van der Waals surface area contributed by atoms with E-state index in [-0.39, 0.29) is 6.10 Å². The maximum absolute atomic E-state index is 5.09. The molecule has 0 rings (SSSR count). The van der Waals surface area contributed by atoms with E-state index in [1.54, 1.807) is 7.11 Å². The lowest BCUT2D eigenvalue weighted by molar-refractivity contribution is 0.156. The van der Waals surface area contributed by atoms with Gasteiger partial charge in [-0.2, -0.15) is 0 Å². The van der Waals surface area contributed by atoms with Crippen molar-refractivity contribution in [3.8, 4) is 0 Å². The lowest BCUT2D eigenvalue weighted by atomic mass is 10.1. The van der Waals surface area contributed by atoms with Crippen molar-refractivity contribution in [3.05, 3.63) is 37.0 Å². The Morgan fingerprint density at radius 1 is 1.43 bits per heavy atom. The van der Waals surface area contributed by atoms with E-state index in [9.17, 15) is 0 Å². The van der Waals surface area contributed by atoms with Crippen LogP contribution in [0.2, 0.25) is 0 Å². The first-order chi connectivity index (χ1) is 6.74. The molecule has 0 aliphatic rings. The summed E-state index contributed by atoms with van der Waals surface area (Å²) in [7, 11) is 1.73. The molecule has 0 bridgehead atoms. The molecule has 0 amide bonds. The third-order valence-electron chi connectivity index (χ3n) is 2.02. The first-order valence-corrected chi connectivity index (χ1v) is 5.08. The van der Waals surface area contributed by atoms with Gasteiger partial charge < -0.3 is 4.74 Å². The van der Waals surface area contributed by atoms with Crippen LogP contribution in [0.1, 0.15) is 33.6 Å². The summed E-state index contributed by atoms with van der Waals surface area (Å²) in [6, 6.07) is 0. The second-order valence-corrected chi connectivity index (χ2v) is 2.87. The minimum Gasteiger partial charge on any atom is -0.378 e. The Morgan fingerprint density at radius 3 is 2.36 bits per heavy atom. The van der Waals surface area contributed by atoms with Crippen molar-refractivity contribution >= 4 is 0 Å². The molecule has 1 heteroatoms. The number of rotatable bonds is 5. The molecule has 0 fully saturated rings. The van der Waals surface area contributed by atoms with Gasteiger partial charge in [0.2, 0.25) is 0 Å². The maximum Gasteiger partial charge on any atom is 0.0723 e. The predicted molar refractivity (Wildman–Crippen MR) is 65.5 cm³/mol. The Kier molecular flexibility index (Phi) is 13.6. The highest BCUT2D eigenvalue weighted by molar-refractivity contribution is 5.06. The molecule has 82 valence electrons. The van der Waals surface area contributed by atoms with Gasteiger partial charge in [-0.25, -0.2) is 0 Å². The predicted octanol–water partition coefficient (Wildman–Crippen LogP) is 4.13. The molecule has 0 saturated heterocycles. The van der Waals surface area contributed by atoms with Crippen LogP contribution in [0.5, 0.6) is 0 Å². The van der Waals surface area contributed by atoms with Crippen molar-refractivity contribution in [2.75, 3.05) is 7.11 Å². The smallest absolute Gasteiger partial charge is 0.0723 e. The molecule has 0 aromatic rings. The topological polar surface area (TPSA) is 9.23 Å². The van der Waals surface area contributed by atoms with Gasteiger partial charge in [0, 0.05) is 7.11 Å². The van der Waals surface area contributed by atoms with E-state index < -0.39 is 0 Å². The van der Waals surface area contributed by atoms with Gasteiger partial charge in [-0.05, 0) is 26.7 Å². The summed E-state index contributed by atoms with van der Waals surface area (Å²) in [6.07, 6.45) is 8.89. The minimum absolute atomic E-state index is 0.236. The molecule has 1 atom stereocenters. The van der Waals surface area contributed by atoms with E-state index in [0.29, 0.717) is 0 Å². The lowest BCUT2D eigenvalue weighted by Gasteiger charge is -2.02. The van der Waals surface area contributed by atoms with Crippen LogP contribution in [0.25, 0.3) is 0 Å². The Morgan fingerprint density at radius 2 is 2.00 bits per heavy atom. The summed E-state index contributed by atoms with van der Waals surface area (Å²) < 4.78 is 5.09. The van der Waals surface area contributed by atoms with Gasteiger partial charge in [-0.1, -0.05) is 30.7 Å². The Labute approximate surface area is 89.2 Å². The third-order valence-corrected chi connectivity index (χ3v) is 2.02. The molecule has 0 N–H and O–H groups in total. The van der Waals surface area contributed by atoms with E-state index in [2.05, 4.69) is 45.2 Å². The third kappa shape index (κ3) is 9.27. The monoisotopic (exact) mass is 196 g/mol. The fraction of sp³-hybridized carbons (Fsp3) is 0.538. The van der Waals surface area contributed by atoms with E-state index in [1.165, 1.54) is 5.57 Å². The van der Waals surface area contributed by atoms with Crippen molar-refractivity contribution in [1.82, 2.24) is 0 Å². The number of ether oxygens (including phenoxy) is 1. The average Bonchev–Trinajstić information content (AvgIpc) is 2.27. The van der Waals surface area contributed by atoms with Gasteiger partial charge in [0.25, 0.3) is 0 Å². The first kappa shape index (κ1) is 15.6. The molecule has 0 heterocycles. The average molecular weight is 196 g/mol. The van der Waals surface area contributed by atoms with Gasteiger partial charge in [0.1, 0.15) is 0 Å². The molecule has 0 saturated carbocycles. The molecule has 0 spiro atoms. The molecule has 0 aliphatic carbocycles. The van der Waals surface area contributed by atoms with Crippen LogP contribution >= 0.6 is 0 Å². The largest absolute Gasteiger partial charge is 0.378 e. The summed E-state index contributed by atoms with van der Waals surface area (Å²) in [5, 5.41) is 0. The van der Waals surface area contributed by atoms with Crippen LogP contribution in [-0.4, -0.2) is 13.2 Å². The molecule has 0 radical (unpaired) electrons. The summed E-state index contributed by atoms with van der Waals surface area (Å²) >= 11 is 0. The highest BCUT2D eigenvalue weighted by atomic mass is 16.5. The van der Waals surface area contributed by atoms with Gasteiger partial charge >= 0.3 is 0 Å². The molecule has 0 aliphatic heterocycles. The molecular formula is C13H24O. The zero-order chi connectivity index (χ0) is 11.4. The normalized spacial score (nSPS) is 13.6. The van der Waals surface area contributed by atoms with Crippen molar-refractivity contribution in [1.29, 1.82) is 0 Å². The Bertz CT molecular complexity index is 168. The molecule has 0 aromatic carbocycles. The van der Waals surface area contributed by atoms with E-state index >= 15 is 0 Å². The first-order valence-electron chi connectivity index (χ1n) is 5.08. The van der Waals surface area contributed by atoms with Crippen LogP contribution in [-0.2, 0) is 4.74 Å². The zero-order valence-electron chi connectivity index (χ0n) is 10.0. The van der Waals surface area contributed by atoms with E-state index in [0.717, 1.165) is 12.8 Å². The van der Waals surface area contributed by atoms with Crippen LogP contribution in [0, 0.1) is 0 Å². The summed E-state index contributed by atoms with van der Waals surface area (Å²) in [4.78, 5) is 0. The number of hydrogen-bond acceptors (Lipinski definition) is 1. The number of hydrogen-bond donors (Lipinski definition) is 0. The van der Waals surface area contributed by atoms with Gasteiger partial charge in [-0.15, -0.1) is 13.2 Å². The Balaban J connectivity index is 0. The van der Waals surface area contributed by atoms with Crippen LogP contribution in [0.4, 0.5) is 0 Å². The van der Waals surface area contributed by atoms with Gasteiger partial charge in [0.05, 0.1) is 6.10 Å². The molecule has 0 aromatic heterocycles. The van der Waals surface area contributed by atoms with Crippen molar-refractivity contribution in [2.45, 2.75) is 39.7 Å². The quantitative estimate of drug-likeness (QED) is 0.601. The number of allylic oxidation sites excluding steroid dienone is 3. The van der Waals surface area contributed by atoms with Crippen LogP contribution in [0.3, 0.4) is 0 Å². The second-order valence-electron chi connectivity index (χ2n) is 2.87. The summed E-state index contributed by atoms with van der Waals surface area (Å²) in [5.41, 5.74) is 1.48. The SMILES string of the molecule is C/C=C(/CC)C/C=C\C(C)OC.C=C. The van der Waals surface area contributed by atoms with Gasteiger partial charge in [-0.3, -0.25) is 0 Å².